The van der Waals surface area contributed by atoms with Crippen LogP contribution in [0.4, 0.5) is 0 Å². The lowest BCUT2D eigenvalue weighted by Gasteiger charge is -2.35. The molecule has 0 N–H and O–H groups in total. The summed E-state index contributed by atoms with van der Waals surface area (Å²) < 4.78 is 11.4. The van der Waals surface area contributed by atoms with Crippen LogP contribution in [0.2, 0.25) is 0 Å². The van der Waals surface area contributed by atoms with Crippen molar-refractivity contribution < 1.29 is 4.42 Å². The van der Waals surface area contributed by atoms with Gasteiger partial charge < -0.3 is 13.6 Å². The molecular weight excluding hydrogens is 793 g/mol. The van der Waals surface area contributed by atoms with E-state index in [-0.39, 0.29) is 0 Å². The van der Waals surface area contributed by atoms with Crippen LogP contribution in [0.1, 0.15) is 0 Å². The van der Waals surface area contributed by atoms with E-state index in [9.17, 15) is 0 Å². The third-order valence-electron chi connectivity index (χ3n) is 13.5. The van der Waals surface area contributed by atoms with Gasteiger partial charge in [-0.15, -0.1) is 0 Å². The van der Waals surface area contributed by atoms with Crippen LogP contribution in [-0.4, -0.2) is 17.2 Å². The van der Waals surface area contributed by atoms with Crippen molar-refractivity contribution in [1.82, 2.24) is 9.13 Å². The van der Waals surface area contributed by atoms with Crippen LogP contribution in [0.25, 0.3) is 88.1 Å². The summed E-state index contributed by atoms with van der Waals surface area (Å²) in [6, 6.07) is 89.4. The third kappa shape index (κ3) is 5.33. The second-order valence-electron chi connectivity index (χ2n) is 16.8. The molecule has 13 rings (SSSR count). The Balaban J connectivity index is 1.13. The van der Waals surface area contributed by atoms with Crippen LogP contribution in [0.3, 0.4) is 0 Å². The first-order valence-electron chi connectivity index (χ1n) is 22.0. The van der Waals surface area contributed by atoms with Crippen molar-refractivity contribution in [2.45, 2.75) is 0 Å². The maximum absolute atomic E-state index is 6.45. The van der Waals surface area contributed by atoms with E-state index in [0.29, 0.717) is 0 Å². The van der Waals surface area contributed by atoms with E-state index in [4.69, 9.17) is 4.42 Å². The summed E-state index contributed by atoms with van der Waals surface area (Å²) in [5, 5.41) is 12.6. The SMILES string of the molecule is c1ccc(-c2cccc(-n3c4ccccc4c4c(-n5c6ccccc6c6c([Si](c7ccccc7)(c7ccccc7)c7ccc8oc9ccccc9c8c7)cccc65)cccc43)c2)cc1. The lowest BCUT2D eigenvalue weighted by atomic mass is 10.1. The molecule has 300 valence electrons. The molecule has 3 aromatic heterocycles. The Morgan fingerprint density at radius 2 is 0.844 bits per heavy atom. The molecular formula is C60H40N2OSi. The fraction of sp³-hybridized carbons (Fsp3) is 0. The minimum atomic E-state index is -3.08. The van der Waals surface area contributed by atoms with Crippen molar-refractivity contribution in [3.05, 3.63) is 243 Å². The number of hydrogen-bond donors (Lipinski definition) is 0. The van der Waals surface area contributed by atoms with Gasteiger partial charge in [0.1, 0.15) is 11.2 Å². The van der Waals surface area contributed by atoms with E-state index >= 15 is 0 Å². The second kappa shape index (κ2) is 14.5. The first-order valence-corrected chi connectivity index (χ1v) is 24.0. The van der Waals surface area contributed by atoms with Gasteiger partial charge in [0.2, 0.25) is 0 Å². The summed E-state index contributed by atoms with van der Waals surface area (Å²) in [6.07, 6.45) is 0. The maximum atomic E-state index is 6.45. The summed E-state index contributed by atoms with van der Waals surface area (Å²) in [7, 11) is -3.08. The zero-order chi connectivity index (χ0) is 42.2. The Morgan fingerprint density at radius 3 is 1.58 bits per heavy atom. The van der Waals surface area contributed by atoms with Crippen LogP contribution in [-0.2, 0) is 0 Å². The monoisotopic (exact) mass is 832 g/mol. The molecule has 0 atom stereocenters. The van der Waals surface area contributed by atoms with Gasteiger partial charge in [-0.3, -0.25) is 0 Å². The summed E-state index contributed by atoms with van der Waals surface area (Å²) in [5.74, 6) is 0. The molecule has 4 heteroatoms. The molecule has 10 aromatic carbocycles. The number of rotatable bonds is 7. The molecule has 0 saturated carbocycles. The van der Waals surface area contributed by atoms with E-state index in [1.165, 1.54) is 75.5 Å². The zero-order valence-electron chi connectivity index (χ0n) is 34.9. The Hall–Kier alpha value is -8.18. The van der Waals surface area contributed by atoms with Gasteiger partial charge in [0.25, 0.3) is 0 Å². The Bertz CT molecular complexity index is 3860. The topological polar surface area (TPSA) is 23.0 Å². The van der Waals surface area contributed by atoms with E-state index in [1.807, 2.05) is 0 Å². The van der Waals surface area contributed by atoms with Gasteiger partial charge >= 0.3 is 0 Å². The van der Waals surface area contributed by atoms with Gasteiger partial charge in [-0.05, 0) is 86.5 Å². The second-order valence-corrected chi connectivity index (χ2v) is 20.6. The molecule has 0 aliphatic carbocycles. The van der Waals surface area contributed by atoms with Crippen LogP contribution in [0.5, 0.6) is 0 Å². The molecule has 0 unspecified atom stereocenters. The molecule has 0 spiro atoms. The van der Waals surface area contributed by atoms with Crippen molar-refractivity contribution >= 4 is 94.4 Å². The fourth-order valence-electron chi connectivity index (χ4n) is 10.8. The number of furan rings is 1. The first-order chi connectivity index (χ1) is 31.8. The van der Waals surface area contributed by atoms with Crippen molar-refractivity contribution in [1.29, 1.82) is 0 Å². The molecule has 3 nitrogen and oxygen atoms in total. The minimum Gasteiger partial charge on any atom is -0.456 e. The standard InChI is InChI=1S/C60H40N2OSi/c1-4-19-41(20-5-1)42-21-16-22-43(39-42)61-51-30-13-10-28-48(51)59-53(61)32-17-33-54(59)62-52-31-14-11-29-49(52)60-55(62)34-18-36-58(60)64(44-23-6-2-7-24-44,45-25-8-3-9-26-45)46-37-38-57-50(40-46)47-27-12-15-35-56(47)63-57/h1-40H. The minimum absolute atomic E-state index is 0.905. The average molecular weight is 833 g/mol. The molecule has 0 aliphatic heterocycles. The number of nitrogens with zero attached hydrogens (tertiary/aromatic N) is 2. The molecule has 0 radical (unpaired) electrons. The number of para-hydroxylation sites is 3. The molecule has 3 heterocycles. The van der Waals surface area contributed by atoms with E-state index in [1.54, 1.807) is 0 Å². The Kier molecular flexibility index (Phi) is 8.23. The largest absolute Gasteiger partial charge is 0.456 e. The maximum Gasteiger partial charge on any atom is 0.180 e. The number of fused-ring (bicyclic) bond motifs is 9. The quantitative estimate of drug-likeness (QED) is 0.116. The molecule has 13 aromatic rings. The van der Waals surface area contributed by atoms with Crippen molar-refractivity contribution in [2.75, 3.05) is 0 Å². The summed E-state index contributed by atoms with van der Waals surface area (Å²) in [4.78, 5) is 0. The van der Waals surface area contributed by atoms with Gasteiger partial charge in [-0.25, -0.2) is 0 Å². The molecule has 0 aliphatic rings. The number of hydrogen-bond acceptors (Lipinski definition) is 1. The average Bonchev–Trinajstić information content (AvgIpc) is 4.03. The molecule has 0 fully saturated rings. The molecule has 0 bridgehead atoms. The van der Waals surface area contributed by atoms with Gasteiger partial charge in [0.05, 0.1) is 27.8 Å². The smallest absolute Gasteiger partial charge is 0.180 e. The summed E-state index contributed by atoms with van der Waals surface area (Å²) in [5.41, 5.74) is 11.2. The van der Waals surface area contributed by atoms with E-state index in [0.717, 1.165) is 33.3 Å². The highest BCUT2D eigenvalue weighted by Gasteiger charge is 2.43. The highest BCUT2D eigenvalue weighted by molar-refractivity contribution is 7.21. The predicted octanol–water partition coefficient (Wildman–Crippen LogP) is 12.8. The third-order valence-corrected chi connectivity index (χ3v) is 18.3. The zero-order valence-corrected chi connectivity index (χ0v) is 35.9. The Labute approximate surface area is 371 Å². The highest BCUT2D eigenvalue weighted by Crippen LogP contribution is 2.40. The first kappa shape index (κ1) is 36.5. The molecule has 64 heavy (non-hydrogen) atoms. The van der Waals surface area contributed by atoms with Gasteiger partial charge in [0, 0.05) is 38.0 Å². The number of benzene rings is 10. The molecule has 0 amide bonds. The van der Waals surface area contributed by atoms with Gasteiger partial charge in [-0.1, -0.05) is 188 Å². The summed E-state index contributed by atoms with van der Waals surface area (Å²) >= 11 is 0. The lowest BCUT2D eigenvalue weighted by Crippen LogP contribution is -2.74. The number of aromatic nitrogens is 2. The van der Waals surface area contributed by atoms with Gasteiger partial charge in [0.15, 0.2) is 8.07 Å². The van der Waals surface area contributed by atoms with Crippen molar-refractivity contribution in [3.63, 3.8) is 0 Å². The van der Waals surface area contributed by atoms with E-state index < -0.39 is 8.07 Å². The normalized spacial score (nSPS) is 12.1. The van der Waals surface area contributed by atoms with Crippen LogP contribution < -0.4 is 20.7 Å². The Morgan fingerprint density at radius 1 is 0.312 bits per heavy atom. The highest BCUT2D eigenvalue weighted by atomic mass is 28.3. The predicted molar refractivity (Wildman–Crippen MR) is 271 cm³/mol. The summed E-state index contributed by atoms with van der Waals surface area (Å²) in [6.45, 7) is 0. The lowest BCUT2D eigenvalue weighted by molar-refractivity contribution is 0.669. The van der Waals surface area contributed by atoms with Crippen molar-refractivity contribution in [2.24, 2.45) is 0 Å². The van der Waals surface area contributed by atoms with Crippen LogP contribution in [0.15, 0.2) is 247 Å². The fourth-order valence-corrected chi connectivity index (χ4v) is 15.8. The van der Waals surface area contributed by atoms with Crippen LogP contribution >= 0.6 is 0 Å². The van der Waals surface area contributed by atoms with Crippen LogP contribution in [0, 0.1) is 0 Å². The van der Waals surface area contributed by atoms with Gasteiger partial charge in [-0.2, -0.15) is 0 Å². The van der Waals surface area contributed by atoms with E-state index in [2.05, 4.69) is 252 Å². The molecule has 0 saturated heterocycles. The van der Waals surface area contributed by atoms with Crippen molar-refractivity contribution in [3.8, 4) is 22.5 Å².